The van der Waals surface area contributed by atoms with Gasteiger partial charge in [0.25, 0.3) is 0 Å². The van der Waals surface area contributed by atoms with Crippen LogP contribution in [0.15, 0.2) is 54.6 Å². The van der Waals surface area contributed by atoms with Crippen molar-refractivity contribution in [2.24, 2.45) is 0 Å². The first-order valence-corrected chi connectivity index (χ1v) is 6.00. The van der Waals surface area contributed by atoms with Gasteiger partial charge in [0, 0.05) is 25.7 Å². The van der Waals surface area contributed by atoms with Gasteiger partial charge in [0.2, 0.25) is 0 Å². The number of benzene rings is 2. The van der Waals surface area contributed by atoms with E-state index in [4.69, 9.17) is 0 Å². The molecule has 0 spiro atoms. The summed E-state index contributed by atoms with van der Waals surface area (Å²) in [6, 6.07) is 19.4. The predicted octanol–water partition coefficient (Wildman–Crippen LogP) is 3.90. The number of anilines is 1. The zero-order valence-corrected chi connectivity index (χ0v) is 10.7. The first-order valence-electron chi connectivity index (χ1n) is 6.00. The van der Waals surface area contributed by atoms with Crippen molar-refractivity contribution in [1.82, 2.24) is 0 Å². The molecule has 2 aromatic carbocycles. The molecule has 1 heteroatoms. The van der Waals surface area contributed by atoms with Crippen molar-refractivity contribution < 1.29 is 0 Å². The summed E-state index contributed by atoms with van der Waals surface area (Å²) >= 11 is 0. The van der Waals surface area contributed by atoms with Crippen LogP contribution in [0.3, 0.4) is 0 Å². The van der Waals surface area contributed by atoms with Gasteiger partial charge in [-0.15, -0.1) is 0 Å². The summed E-state index contributed by atoms with van der Waals surface area (Å²) in [6.07, 6.45) is 0. The molecule has 88 valence electrons. The maximum Gasteiger partial charge on any atom is 0.0361 e. The molecule has 0 amide bonds. The Kier molecular flexibility index (Phi) is 3.48. The highest BCUT2D eigenvalue weighted by Gasteiger charge is 2.07. The number of nitrogens with zero attached hydrogens (tertiary/aromatic N) is 1. The van der Waals surface area contributed by atoms with Crippen LogP contribution in [0.5, 0.6) is 0 Å². The van der Waals surface area contributed by atoms with Crippen LogP contribution < -0.4 is 4.90 Å². The van der Waals surface area contributed by atoms with Gasteiger partial charge in [-0.2, -0.15) is 0 Å². The van der Waals surface area contributed by atoms with E-state index in [-0.39, 0.29) is 0 Å². The molecule has 0 saturated heterocycles. The second kappa shape index (κ2) is 5.05. The van der Waals surface area contributed by atoms with Gasteiger partial charge in [0.15, 0.2) is 0 Å². The Balaban J connectivity index is 2.23. The smallest absolute Gasteiger partial charge is 0.0361 e. The molecular formula is C16H19N. The van der Waals surface area contributed by atoms with Crippen LogP contribution in [-0.4, -0.2) is 14.1 Å². The van der Waals surface area contributed by atoms with E-state index in [2.05, 4.69) is 80.5 Å². The van der Waals surface area contributed by atoms with Crippen LogP contribution in [-0.2, 0) is 0 Å². The summed E-state index contributed by atoms with van der Waals surface area (Å²) < 4.78 is 0. The van der Waals surface area contributed by atoms with Gasteiger partial charge in [-0.1, -0.05) is 49.4 Å². The van der Waals surface area contributed by atoms with E-state index in [0.717, 1.165) is 0 Å². The van der Waals surface area contributed by atoms with E-state index in [1.165, 1.54) is 16.8 Å². The van der Waals surface area contributed by atoms with E-state index in [1.54, 1.807) is 0 Å². The van der Waals surface area contributed by atoms with Crippen LogP contribution >= 0.6 is 0 Å². The minimum Gasteiger partial charge on any atom is -0.378 e. The van der Waals surface area contributed by atoms with Crippen LogP contribution in [0.4, 0.5) is 5.69 Å². The monoisotopic (exact) mass is 225 g/mol. The molecule has 0 fully saturated rings. The standard InChI is InChI=1S/C16H19N/c1-13(14-7-5-4-6-8-14)15-9-11-16(12-10-15)17(2)3/h4-13H,1-3H3. The Hall–Kier alpha value is -1.76. The number of hydrogen-bond donors (Lipinski definition) is 0. The van der Waals surface area contributed by atoms with Gasteiger partial charge in [-0.3, -0.25) is 0 Å². The molecule has 17 heavy (non-hydrogen) atoms. The van der Waals surface area contributed by atoms with Gasteiger partial charge in [-0.05, 0) is 23.3 Å². The van der Waals surface area contributed by atoms with Crippen LogP contribution in [0.25, 0.3) is 0 Å². The summed E-state index contributed by atoms with van der Waals surface area (Å²) in [6.45, 7) is 2.25. The van der Waals surface area contributed by atoms with Crippen molar-refractivity contribution in [2.45, 2.75) is 12.8 Å². The first-order chi connectivity index (χ1) is 8.18. The van der Waals surface area contributed by atoms with Crippen LogP contribution in [0, 0.1) is 0 Å². The Morgan fingerprint density at radius 2 is 1.29 bits per heavy atom. The molecule has 2 aromatic rings. The SMILES string of the molecule is CC(c1ccccc1)c1ccc(N(C)C)cc1. The molecule has 0 saturated carbocycles. The Bertz CT molecular complexity index is 457. The predicted molar refractivity (Wildman–Crippen MR) is 74.7 cm³/mol. The lowest BCUT2D eigenvalue weighted by Crippen LogP contribution is -2.08. The Labute approximate surface area is 104 Å². The third-order valence-corrected chi connectivity index (χ3v) is 3.21. The molecule has 0 N–H and O–H groups in total. The molecule has 2 rings (SSSR count). The summed E-state index contributed by atoms with van der Waals surface area (Å²) in [5, 5.41) is 0. The van der Waals surface area contributed by atoms with Crippen molar-refractivity contribution in [3.63, 3.8) is 0 Å². The number of hydrogen-bond acceptors (Lipinski definition) is 1. The molecule has 0 radical (unpaired) electrons. The van der Waals surface area contributed by atoms with Gasteiger partial charge >= 0.3 is 0 Å². The average molecular weight is 225 g/mol. The van der Waals surface area contributed by atoms with E-state index in [0.29, 0.717) is 5.92 Å². The molecule has 1 unspecified atom stereocenters. The highest BCUT2D eigenvalue weighted by atomic mass is 15.1. The molecule has 1 nitrogen and oxygen atoms in total. The van der Waals surface area contributed by atoms with E-state index < -0.39 is 0 Å². The summed E-state index contributed by atoms with van der Waals surface area (Å²) in [5.41, 5.74) is 3.97. The zero-order valence-electron chi connectivity index (χ0n) is 10.7. The van der Waals surface area contributed by atoms with Gasteiger partial charge < -0.3 is 4.90 Å². The lowest BCUT2D eigenvalue weighted by molar-refractivity contribution is 0.921. The second-order valence-electron chi connectivity index (χ2n) is 4.62. The van der Waals surface area contributed by atoms with Crippen molar-refractivity contribution in [2.75, 3.05) is 19.0 Å². The molecule has 0 aliphatic heterocycles. The average Bonchev–Trinajstić information content (AvgIpc) is 2.39. The lowest BCUT2D eigenvalue weighted by atomic mass is 9.93. The van der Waals surface area contributed by atoms with Crippen molar-refractivity contribution in [3.05, 3.63) is 65.7 Å². The van der Waals surface area contributed by atoms with Crippen molar-refractivity contribution in [3.8, 4) is 0 Å². The minimum absolute atomic E-state index is 0.451. The van der Waals surface area contributed by atoms with Crippen molar-refractivity contribution in [1.29, 1.82) is 0 Å². The van der Waals surface area contributed by atoms with Crippen LogP contribution in [0.1, 0.15) is 24.0 Å². The molecule has 0 aliphatic rings. The molecular weight excluding hydrogens is 206 g/mol. The molecule has 0 aliphatic carbocycles. The number of rotatable bonds is 3. The highest BCUT2D eigenvalue weighted by molar-refractivity contribution is 5.47. The zero-order chi connectivity index (χ0) is 12.3. The Morgan fingerprint density at radius 1 is 0.765 bits per heavy atom. The third kappa shape index (κ3) is 2.68. The largest absolute Gasteiger partial charge is 0.378 e. The highest BCUT2D eigenvalue weighted by Crippen LogP contribution is 2.25. The summed E-state index contributed by atoms with van der Waals surface area (Å²) in [5.74, 6) is 0.451. The fourth-order valence-electron chi connectivity index (χ4n) is 2.00. The fourth-order valence-corrected chi connectivity index (χ4v) is 2.00. The van der Waals surface area contributed by atoms with Gasteiger partial charge in [0.05, 0.1) is 0 Å². The lowest BCUT2D eigenvalue weighted by Gasteiger charge is -2.16. The summed E-state index contributed by atoms with van der Waals surface area (Å²) in [7, 11) is 4.13. The Morgan fingerprint density at radius 3 is 1.82 bits per heavy atom. The van der Waals surface area contributed by atoms with E-state index in [9.17, 15) is 0 Å². The van der Waals surface area contributed by atoms with Gasteiger partial charge in [-0.25, -0.2) is 0 Å². The van der Waals surface area contributed by atoms with E-state index >= 15 is 0 Å². The molecule has 0 aromatic heterocycles. The van der Waals surface area contributed by atoms with Crippen molar-refractivity contribution >= 4 is 5.69 Å². The minimum atomic E-state index is 0.451. The van der Waals surface area contributed by atoms with Gasteiger partial charge in [0.1, 0.15) is 0 Å². The fraction of sp³-hybridized carbons (Fsp3) is 0.250. The third-order valence-electron chi connectivity index (χ3n) is 3.21. The maximum absolute atomic E-state index is 2.25. The quantitative estimate of drug-likeness (QED) is 0.765. The van der Waals surface area contributed by atoms with Crippen LogP contribution in [0.2, 0.25) is 0 Å². The topological polar surface area (TPSA) is 3.24 Å². The molecule has 1 atom stereocenters. The molecule has 0 heterocycles. The normalized spacial score (nSPS) is 12.2. The first kappa shape index (κ1) is 11.7. The van der Waals surface area contributed by atoms with E-state index in [1.807, 2.05) is 0 Å². The molecule has 0 bridgehead atoms. The maximum atomic E-state index is 2.25. The summed E-state index contributed by atoms with van der Waals surface area (Å²) in [4.78, 5) is 2.12. The second-order valence-corrected chi connectivity index (χ2v) is 4.62.